The average molecular weight is 326 g/mol. The Hall–Kier alpha value is -0.990. The van der Waals surface area contributed by atoms with Crippen molar-refractivity contribution in [1.29, 1.82) is 0 Å². The van der Waals surface area contributed by atoms with E-state index in [9.17, 15) is 8.42 Å². The highest BCUT2D eigenvalue weighted by Crippen LogP contribution is 2.39. The van der Waals surface area contributed by atoms with Gasteiger partial charge in [0.1, 0.15) is 5.69 Å². The molecule has 1 aromatic rings. The van der Waals surface area contributed by atoms with Gasteiger partial charge in [-0.2, -0.15) is 4.31 Å². The second-order valence-electron chi connectivity index (χ2n) is 6.62. The molecule has 0 bridgehead atoms. The predicted molar refractivity (Wildman–Crippen MR) is 79.7 cm³/mol. The van der Waals surface area contributed by atoms with Gasteiger partial charge >= 0.3 is 0 Å². The van der Waals surface area contributed by atoms with Crippen LogP contribution in [0.15, 0.2) is 0 Å². The molecule has 22 heavy (non-hydrogen) atoms. The van der Waals surface area contributed by atoms with Crippen molar-refractivity contribution in [2.75, 3.05) is 20.3 Å². The second kappa shape index (κ2) is 5.28. The van der Waals surface area contributed by atoms with Crippen LogP contribution in [-0.2, 0) is 27.7 Å². The number of sulfonamides is 1. The van der Waals surface area contributed by atoms with Crippen LogP contribution in [0.2, 0.25) is 0 Å². The molecule has 4 rings (SSSR count). The monoisotopic (exact) mass is 326 g/mol. The van der Waals surface area contributed by atoms with E-state index in [0.29, 0.717) is 19.6 Å². The van der Waals surface area contributed by atoms with Crippen molar-refractivity contribution in [1.82, 2.24) is 19.3 Å². The fourth-order valence-electron chi connectivity index (χ4n) is 3.24. The first-order chi connectivity index (χ1) is 10.6. The van der Waals surface area contributed by atoms with Crippen molar-refractivity contribution in [3.8, 4) is 0 Å². The zero-order chi connectivity index (χ0) is 15.3. The normalized spacial score (nSPS) is 26.1. The minimum Gasteiger partial charge on any atom is -0.383 e. The summed E-state index contributed by atoms with van der Waals surface area (Å²) in [5, 5.41) is 8.39. The lowest BCUT2D eigenvalue weighted by atomic mass is 10.1. The molecule has 2 fully saturated rings. The molecular weight excluding hydrogens is 304 g/mol. The molecule has 0 N–H and O–H groups in total. The van der Waals surface area contributed by atoms with Crippen molar-refractivity contribution in [3.05, 3.63) is 11.4 Å². The molecule has 8 heteroatoms. The summed E-state index contributed by atoms with van der Waals surface area (Å²) in [6, 6.07) is -0.327. The Kier molecular flexibility index (Phi) is 3.50. The summed E-state index contributed by atoms with van der Waals surface area (Å²) < 4.78 is 34.2. The highest BCUT2D eigenvalue weighted by atomic mass is 32.2. The lowest BCUT2D eigenvalue weighted by Gasteiger charge is -2.33. The summed E-state index contributed by atoms with van der Waals surface area (Å²) in [7, 11) is -1.63. The van der Waals surface area contributed by atoms with Crippen LogP contribution in [0.3, 0.4) is 0 Å². The molecule has 0 radical (unpaired) electrons. The van der Waals surface area contributed by atoms with Gasteiger partial charge in [0.05, 0.1) is 23.6 Å². The number of aromatic nitrogens is 3. The molecule has 1 aromatic heterocycles. The summed E-state index contributed by atoms with van der Waals surface area (Å²) in [4.78, 5) is 0. The van der Waals surface area contributed by atoms with E-state index in [1.54, 1.807) is 11.4 Å². The SMILES string of the molecule is COCC1c2nnn(CC3CC3)c2CCN1S(=O)(=O)C1CC1. The maximum absolute atomic E-state index is 12.7. The summed E-state index contributed by atoms with van der Waals surface area (Å²) in [5.41, 5.74) is 1.88. The molecule has 2 saturated carbocycles. The summed E-state index contributed by atoms with van der Waals surface area (Å²) >= 11 is 0. The van der Waals surface area contributed by atoms with Crippen molar-refractivity contribution in [3.63, 3.8) is 0 Å². The molecule has 2 aliphatic carbocycles. The zero-order valence-electron chi connectivity index (χ0n) is 12.8. The maximum atomic E-state index is 12.7. The summed E-state index contributed by atoms with van der Waals surface area (Å²) in [6.07, 6.45) is 4.78. The third-order valence-electron chi connectivity index (χ3n) is 4.82. The lowest BCUT2D eigenvalue weighted by Crippen LogP contribution is -2.43. The average Bonchev–Trinajstić information content (AvgIpc) is 3.38. The molecule has 1 unspecified atom stereocenters. The van der Waals surface area contributed by atoms with Crippen LogP contribution < -0.4 is 0 Å². The molecule has 0 amide bonds. The first-order valence-electron chi connectivity index (χ1n) is 8.03. The summed E-state index contributed by atoms with van der Waals surface area (Å²) in [6.45, 7) is 1.76. The largest absolute Gasteiger partial charge is 0.383 e. The van der Waals surface area contributed by atoms with Crippen LogP contribution in [0, 0.1) is 5.92 Å². The maximum Gasteiger partial charge on any atom is 0.217 e. The predicted octanol–water partition coefficient (Wildman–Crippen LogP) is 0.726. The van der Waals surface area contributed by atoms with Gasteiger partial charge in [-0.05, 0) is 31.6 Å². The lowest BCUT2D eigenvalue weighted by molar-refractivity contribution is 0.125. The van der Waals surface area contributed by atoms with Crippen LogP contribution >= 0.6 is 0 Å². The smallest absolute Gasteiger partial charge is 0.217 e. The van der Waals surface area contributed by atoms with Gasteiger partial charge in [-0.3, -0.25) is 0 Å². The topological polar surface area (TPSA) is 77.3 Å². The molecular formula is C14H22N4O3S. The number of methoxy groups -OCH3 is 1. The van der Waals surface area contributed by atoms with E-state index in [4.69, 9.17) is 4.74 Å². The molecule has 122 valence electrons. The third-order valence-corrected chi connectivity index (χ3v) is 7.23. The van der Waals surface area contributed by atoms with Gasteiger partial charge in [0.25, 0.3) is 0 Å². The highest BCUT2D eigenvalue weighted by Gasteiger charge is 2.46. The first kappa shape index (κ1) is 14.6. The fourth-order valence-corrected chi connectivity index (χ4v) is 5.22. The second-order valence-corrected chi connectivity index (χ2v) is 8.79. The van der Waals surface area contributed by atoms with E-state index < -0.39 is 10.0 Å². The molecule has 1 aliphatic heterocycles. The number of rotatable bonds is 6. The van der Waals surface area contributed by atoms with Gasteiger partial charge in [0.15, 0.2) is 0 Å². The van der Waals surface area contributed by atoms with Crippen LogP contribution in [0.4, 0.5) is 0 Å². The Morgan fingerprint density at radius 1 is 1.27 bits per heavy atom. The van der Waals surface area contributed by atoms with Crippen LogP contribution in [-0.4, -0.2) is 53.2 Å². The van der Waals surface area contributed by atoms with Crippen molar-refractivity contribution in [2.45, 2.75) is 49.9 Å². The van der Waals surface area contributed by atoms with Gasteiger partial charge in [0.2, 0.25) is 10.0 Å². The van der Waals surface area contributed by atoms with E-state index >= 15 is 0 Å². The van der Waals surface area contributed by atoms with Gasteiger partial charge in [-0.1, -0.05) is 5.21 Å². The minimum atomic E-state index is -3.23. The van der Waals surface area contributed by atoms with Crippen LogP contribution in [0.5, 0.6) is 0 Å². The van der Waals surface area contributed by atoms with E-state index in [2.05, 4.69) is 10.3 Å². The van der Waals surface area contributed by atoms with Gasteiger partial charge in [-0.25, -0.2) is 13.1 Å². The molecule has 1 atom stereocenters. The third kappa shape index (κ3) is 2.47. The molecule has 2 heterocycles. The summed E-state index contributed by atoms with van der Waals surface area (Å²) in [5.74, 6) is 0.722. The van der Waals surface area contributed by atoms with Crippen molar-refractivity contribution < 1.29 is 13.2 Å². The van der Waals surface area contributed by atoms with E-state index in [0.717, 1.165) is 36.7 Å². The van der Waals surface area contributed by atoms with Gasteiger partial charge < -0.3 is 4.74 Å². The molecule has 0 spiro atoms. The van der Waals surface area contributed by atoms with E-state index in [1.165, 1.54) is 12.8 Å². The fraction of sp³-hybridized carbons (Fsp3) is 0.857. The molecule has 7 nitrogen and oxygen atoms in total. The number of hydrogen-bond donors (Lipinski definition) is 0. The number of fused-ring (bicyclic) bond motifs is 1. The Morgan fingerprint density at radius 2 is 2.05 bits per heavy atom. The standard InChI is InChI=1S/C14H22N4O3S/c1-21-9-13-14-12(17(16-15-14)8-10-2-3-10)6-7-18(13)22(19,20)11-4-5-11/h10-11,13H,2-9H2,1H3. The minimum absolute atomic E-state index is 0.199. The Morgan fingerprint density at radius 3 is 2.68 bits per heavy atom. The van der Waals surface area contributed by atoms with E-state index in [1.807, 2.05) is 4.68 Å². The Bertz CT molecular complexity index is 664. The Balaban J connectivity index is 1.65. The molecule has 3 aliphatic rings. The zero-order valence-corrected chi connectivity index (χ0v) is 13.6. The number of nitrogens with zero attached hydrogens (tertiary/aromatic N) is 4. The molecule has 0 aromatic carbocycles. The quantitative estimate of drug-likeness (QED) is 0.770. The van der Waals surface area contributed by atoms with Crippen molar-refractivity contribution >= 4 is 10.0 Å². The van der Waals surface area contributed by atoms with E-state index in [-0.39, 0.29) is 11.3 Å². The van der Waals surface area contributed by atoms with Crippen LogP contribution in [0.1, 0.15) is 43.1 Å². The van der Waals surface area contributed by atoms with Gasteiger partial charge in [-0.15, -0.1) is 5.10 Å². The first-order valence-corrected chi connectivity index (χ1v) is 9.53. The van der Waals surface area contributed by atoms with Crippen LogP contribution in [0.25, 0.3) is 0 Å². The number of ether oxygens (including phenoxy) is 1. The molecule has 0 saturated heterocycles. The van der Waals surface area contributed by atoms with Gasteiger partial charge in [0, 0.05) is 26.6 Å². The highest BCUT2D eigenvalue weighted by molar-refractivity contribution is 7.90. The van der Waals surface area contributed by atoms with Crippen molar-refractivity contribution in [2.24, 2.45) is 5.92 Å². The Labute approximate surface area is 130 Å². The number of hydrogen-bond acceptors (Lipinski definition) is 5.